The van der Waals surface area contributed by atoms with Crippen LogP contribution in [-0.4, -0.2) is 39.0 Å². The number of carbonyl (C=O) groups is 1. The molecule has 0 aliphatic carbocycles. The molecule has 0 atom stereocenters. The van der Waals surface area contributed by atoms with Gasteiger partial charge < -0.3 is 38.7 Å². The molecule has 10 nitrogen and oxygen atoms in total. The van der Waals surface area contributed by atoms with E-state index in [9.17, 15) is 4.79 Å². The zero-order valence-corrected chi connectivity index (χ0v) is 19.3. The molecule has 2 N–H and O–H groups in total. The minimum atomic E-state index is -0.353. The molecule has 1 aliphatic rings. The van der Waals surface area contributed by atoms with Crippen LogP contribution in [0.15, 0.2) is 53.1 Å². The van der Waals surface area contributed by atoms with Crippen molar-refractivity contribution in [1.82, 2.24) is 10.3 Å². The fraction of sp³-hybridized carbons (Fsp3) is 0.200. The fourth-order valence-corrected chi connectivity index (χ4v) is 3.79. The Labute approximate surface area is 200 Å². The second kappa shape index (κ2) is 9.34. The molecule has 2 aromatic heterocycles. The third-order valence-electron chi connectivity index (χ3n) is 5.50. The second-order valence-corrected chi connectivity index (χ2v) is 7.60. The lowest BCUT2D eigenvalue weighted by Gasteiger charge is -2.15. The number of fused-ring (bicyclic) bond motifs is 2. The molecule has 1 aliphatic heterocycles. The minimum Gasteiger partial charge on any atom is -0.493 e. The van der Waals surface area contributed by atoms with Crippen LogP contribution in [0.25, 0.3) is 11.0 Å². The summed E-state index contributed by atoms with van der Waals surface area (Å²) in [4.78, 5) is 17.5. The van der Waals surface area contributed by atoms with Gasteiger partial charge in [0, 0.05) is 30.4 Å². The first-order chi connectivity index (χ1) is 17.1. The molecule has 0 radical (unpaired) electrons. The summed E-state index contributed by atoms with van der Waals surface area (Å²) in [5.74, 6) is 2.87. The molecule has 0 saturated heterocycles. The van der Waals surface area contributed by atoms with Gasteiger partial charge in [-0.25, -0.2) is 4.98 Å². The van der Waals surface area contributed by atoms with Crippen LogP contribution in [0.1, 0.15) is 16.1 Å². The van der Waals surface area contributed by atoms with Crippen molar-refractivity contribution in [1.29, 1.82) is 0 Å². The highest BCUT2D eigenvalue weighted by Crippen LogP contribution is 2.41. The summed E-state index contributed by atoms with van der Waals surface area (Å²) in [6.45, 7) is 0.489. The SMILES string of the molecule is COc1cc(Nc2nc(C(=O)NCc3ccc4c(c3)OCO4)cc3occc23)cc(OC)c1OC. The average Bonchev–Trinajstić information content (AvgIpc) is 3.55. The third kappa shape index (κ3) is 4.33. The lowest BCUT2D eigenvalue weighted by molar-refractivity contribution is 0.0946. The maximum absolute atomic E-state index is 13.0. The van der Waals surface area contributed by atoms with Crippen molar-refractivity contribution in [2.24, 2.45) is 0 Å². The van der Waals surface area contributed by atoms with E-state index in [-0.39, 0.29) is 18.4 Å². The summed E-state index contributed by atoms with van der Waals surface area (Å²) in [6.07, 6.45) is 1.54. The largest absolute Gasteiger partial charge is 0.493 e. The summed E-state index contributed by atoms with van der Waals surface area (Å²) in [7, 11) is 4.62. The zero-order chi connectivity index (χ0) is 24.4. The Morgan fingerprint density at radius 2 is 1.74 bits per heavy atom. The van der Waals surface area contributed by atoms with E-state index in [2.05, 4.69) is 15.6 Å². The third-order valence-corrected chi connectivity index (χ3v) is 5.50. The van der Waals surface area contributed by atoms with Crippen molar-refractivity contribution in [3.63, 3.8) is 0 Å². The van der Waals surface area contributed by atoms with Gasteiger partial charge in [-0.3, -0.25) is 4.79 Å². The number of aromatic nitrogens is 1. The van der Waals surface area contributed by atoms with Crippen LogP contribution in [-0.2, 0) is 6.54 Å². The molecule has 4 aromatic rings. The number of nitrogens with one attached hydrogen (secondary N) is 2. The Morgan fingerprint density at radius 1 is 0.971 bits per heavy atom. The number of benzene rings is 2. The summed E-state index contributed by atoms with van der Waals surface area (Å²) in [5, 5.41) is 6.83. The molecule has 180 valence electrons. The molecule has 0 unspecified atom stereocenters. The van der Waals surface area contributed by atoms with Gasteiger partial charge in [0.05, 0.1) is 33.0 Å². The molecule has 1 amide bonds. The number of nitrogens with zero attached hydrogens (tertiary/aromatic N) is 1. The molecule has 5 rings (SSSR count). The maximum atomic E-state index is 13.0. The molecular formula is C25H23N3O7. The molecule has 0 bridgehead atoms. The smallest absolute Gasteiger partial charge is 0.270 e. The lowest BCUT2D eigenvalue weighted by Crippen LogP contribution is -2.24. The predicted octanol–water partition coefficient (Wildman–Crippen LogP) is 4.26. The van der Waals surface area contributed by atoms with Crippen LogP contribution in [0.2, 0.25) is 0 Å². The quantitative estimate of drug-likeness (QED) is 0.384. The number of furan rings is 1. The first kappa shape index (κ1) is 22.2. The number of pyridine rings is 1. The average molecular weight is 477 g/mol. The Kier molecular flexibility index (Phi) is 5.92. The standard InChI is InChI=1S/C25H23N3O7/c1-30-21-9-15(10-22(31-2)23(21)32-3)27-24-16-6-7-33-19(16)11-17(28-24)25(29)26-12-14-4-5-18-20(8-14)35-13-34-18/h4-11H,12-13H2,1-3H3,(H,26,29)(H,27,28). The topological polar surface area (TPSA) is 113 Å². The van der Waals surface area contributed by atoms with E-state index in [4.69, 9.17) is 28.1 Å². The van der Waals surface area contributed by atoms with E-state index in [1.165, 1.54) is 7.11 Å². The van der Waals surface area contributed by atoms with Crippen molar-refractivity contribution >= 4 is 28.4 Å². The molecular weight excluding hydrogens is 454 g/mol. The summed E-state index contributed by atoms with van der Waals surface area (Å²) < 4.78 is 32.5. The van der Waals surface area contributed by atoms with Gasteiger partial charge in [0.1, 0.15) is 17.1 Å². The van der Waals surface area contributed by atoms with Crippen molar-refractivity contribution in [2.45, 2.75) is 6.54 Å². The second-order valence-electron chi connectivity index (χ2n) is 7.60. The molecule has 10 heteroatoms. The summed E-state index contributed by atoms with van der Waals surface area (Å²) >= 11 is 0. The van der Waals surface area contributed by atoms with Gasteiger partial charge in [-0.1, -0.05) is 6.07 Å². The summed E-state index contributed by atoms with van der Waals surface area (Å²) in [5.41, 5.74) is 2.22. The van der Waals surface area contributed by atoms with Gasteiger partial charge in [-0.15, -0.1) is 0 Å². The lowest BCUT2D eigenvalue weighted by atomic mass is 10.2. The highest BCUT2D eigenvalue weighted by atomic mass is 16.7. The molecule has 2 aromatic carbocycles. The first-order valence-electron chi connectivity index (χ1n) is 10.7. The van der Waals surface area contributed by atoms with Gasteiger partial charge in [0.15, 0.2) is 23.0 Å². The maximum Gasteiger partial charge on any atom is 0.270 e. The van der Waals surface area contributed by atoms with E-state index in [0.29, 0.717) is 57.8 Å². The highest BCUT2D eigenvalue weighted by Gasteiger charge is 2.18. The number of amides is 1. The van der Waals surface area contributed by atoms with E-state index < -0.39 is 0 Å². The number of carbonyl (C=O) groups excluding carboxylic acids is 1. The van der Waals surface area contributed by atoms with E-state index >= 15 is 0 Å². The van der Waals surface area contributed by atoms with Crippen molar-refractivity contribution in [3.8, 4) is 28.7 Å². The molecule has 0 fully saturated rings. The Bertz CT molecular complexity index is 1370. The van der Waals surface area contributed by atoms with E-state index in [1.54, 1.807) is 44.7 Å². The molecule has 35 heavy (non-hydrogen) atoms. The van der Waals surface area contributed by atoms with Crippen LogP contribution in [0, 0.1) is 0 Å². The van der Waals surface area contributed by atoms with Crippen molar-refractivity contribution in [3.05, 3.63) is 60.0 Å². The number of ether oxygens (including phenoxy) is 5. The van der Waals surface area contributed by atoms with Gasteiger partial charge >= 0.3 is 0 Å². The number of methoxy groups -OCH3 is 3. The number of hydrogen-bond acceptors (Lipinski definition) is 9. The predicted molar refractivity (Wildman–Crippen MR) is 127 cm³/mol. The van der Waals surface area contributed by atoms with Gasteiger partial charge in [0.25, 0.3) is 5.91 Å². The normalized spacial score (nSPS) is 11.9. The van der Waals surface area contributed by atoms with Crippen LogP contribution in [0.3, 0.4) is 0 Å². The van der Waals surface area contributed by atoms with Crippen molar-refractivity contribution < 1.29 is 32.9 Å². The van der Waals surface area contributed by atoms with Crippen LogP contribution < -0.4 is 34.3 Å². The van der Waals surface area contributed by atoms with Gasteiger partial charge in [-0.05, 0) is 23.8 Å². The Morgan fingerprint density at radius 3 is 2.49 bits per heavy atom. The van der Waals surface area contributed by atoms with Crippen LogP contribution in [0.4, 0.5) is 11.5 Å². The minimum absolute atomic E-state index is 0.194. The van der Waals surface area contributed by atoms with Crippen LogP contribution in [0.5, 0.6) is 28.7 Å². The molecule has 3 heterocycles. The van der Waals surface area contributed by atoms with Gasteiger partial charge in [0.2, 0.25) is 12.5 Å². The zero-order valence-electron chi connectivity index (χ0n) is 19.3. The van der Waals surface area contributed by atoms with Crippen molar-refractivity contribution in [2.75, 3.05) is 33.4 Å². The Hall–Kier alpha value is -4.60. The first-order valence-corrected chi connectivity index (χ1v) is 10.7. The van der Waals surface area contributed by atoms with E-state index in [0.717, 1.165) is 5.56 Å². The summed E-state index contributed by atoms with van der Waals surface area (Å²) in [6, 6.07) is 12.4. The number of rotatable bonds is 8. The molecule has 0 spiro atoms. The van der Waals surface area contributed by atoms with Crippen LogP contribution >= 0.6 is 0 Å². The number of hydrogen-bond donors (Lipinski definition) is 2. The van der Waals surface area contributed by atoms with E-state index in [1.807, 2.05) is 18.2 Å². The molecule has 0 saturated carbocycles. The monoisotopic (exact) mass is 477 g/mol. The fourth-order valence-electron chi connectivity index (χ4n) is 3.79. The Balaban J connectivity index is 1.40. The number of anilines is 2. The van der Waals surface area contributed by atoms with Gasteiger partial charge in [-0.2, -0.15) is 0 Å². The highest BCUT2D eigenvalue weighted by molar-refractivity contribution is 5.99.